The molecule has 2 aromatic carbocycles. The smallest absolute Gasteiger partial charge is 0.326 e. The molecule has 0 aliphatic heterocycles. The van der Waals surface area contributed by atoms with Gasteiger partial charge in [-0.15, -0.1) is 0 Å². The number of aromatic hydroxyl groups is 1. The summed E-state index contributed by atoms with van der Waals surface area (Å²) >= 11 is 0. The fourth-order valence-electron chi connectivity index (χ4n) is 4.36. The number of amides is 3. The number of rotatable bonds is 15. The van der Waals surface area contributed by atoms with Gasteiger partial charge in [-0.3, -0.25) is 14.4 Å². The van der Waals surface area contributed by atoms with E-state index in [2.05, 4.69) is 20.9 Å². The molecule has 0 aliphatic carbocycles. The molecule has 3 unspecified atom stereocenters. The van der Waals surface area contributed by atoms with Gasteiger partial charge in [-0.25, -0.2) is 4.79 Å². The summed E-state index contributed by atoms with van der Waals surface area (Å²) in [4.78, 5) is 53.9. The summed E-state index contributed by atoms with van der Waals surface area (Å²) < 4.78 is 0. The Balaban J connectivity index is 1.81. The molecular formula is C28H36N6O6. The lowest BCUT2D eigenvalue weighted by Crippen LogP contribution is -2.57. The molecule has 40 heavy (non-hydrogen) atoms. The minimum atomic E-state index is -1.27. The molecule has 1 heterocycles. The molecule has 0 radical (unpaired) electrons. The summed E-state index contributed by atoms with van der Waals surface area (Å²) in [6.07, 6.45) is 3.19. The first-order valence-electron chi connectivity index (χ1n) is 13.1. The molecular weight excluding hydrogens is 516 g/mol. The van der Waals surface area contributed by atoms with Crippen LogP contribution in [0.2, 0.25) is 0 Å². The lowest BCUT2D eigenvalue weighted by Gasteiger charge is -2.25. The summed E-state index contributed by atoms with van der Waals surface area (Å²) in [5, 5.41) is 28.2. The number of carbonyl (C=O) groups excluding carboxylic acids is 3. The average Bonchev–Trinajstić information content (AvgIpc) is 3.35. The van der Waals surface area contributed by atoms with E-state index in [1.165, 1.54) is 12.1 Å². The molecule has 0 fully saturated rings. The molecule has 12 nitrogen and oxygen atoms in total. The number of carbonyl (C=O) groups is 4. The van der Waals surface area contributed by atoms with Crippen molar-refractivity contribution in [2.75, 3.05) is 13.1 Å². The molecule has 10 N–H and O–H groups in total. The molecule has 0 bridgehead atoms. The van der Waals surface area contributed by atoms with Crippen LogP contribution in [0.3, 0.4) is 0 Å². The fraction of sp³-hybridized carbons (Fsp3) is 0.357. The van der Waals surface area contributed by atoms with E-state index >= 15 is 0 Å². The highest BCUT2D eigenvalue weighted by atomic mass is 16.4. The van der Waals surface area contributed by atoms with Gasteiger partial charge < -0.3 is 42.6 Å². The van der Waals surface area contributed by atoms with Crippen LogP contribution in [0.25, 0.3) is 10.9 Å². The zero-order valence-electron chi connectivity index (χ0n) is 22.1. The van der Waals surface area contributed by atoms with Crippen LogP contribution in [0.15, 0.2) is 54.7 Å². The van der Waals surface area contributed by atoms with E-state index in [0.29, 0.717) is 30.5 Å². The largest absolute Gasteiger partial charge is 0.508 e. The highest BCUT2D eigenvalue weighted by Gasteiger charge is 2.30. The van der Waals surface area contributed by atoms with Gasteiger partial charge in [-0.2, -0.15) is 0 Å². The van der Waals surface area contributed by atoms with Gasteiger partial charge >= 0.3 is 5.97 Å². The standard InChI is InChI=1S/C28H36N6O6/c29-12-4-3-7-22(32-25(36)15-30)26(37)33-23(13-17-8-10-19(35)11-9-17)27(38)34-24(28(39)40)14-18-16-31-21-6-2-1-5-20(18)21/h1-2,5-6,8-11,16,22-24,31,35H,3-4,7,12-15,29-30H2,(H,32,36)(H,33,37)(H,34,38)(H,39,40). The number of aromatic amines is 1. The summed E-state index contributed by atoms with van der Waals surface area (Å²) in [6.45, 7) is 0.101. The third kappa shape index (κ3) is 8.55. The number of carboxylic acid groups (broad SMARTS) is 1. The minimum Gasteiger partial charge on any atom is -0.508 e. The molecule has 3 amide bonds. The van der Waals surface area contributed by atoms with Crippen molar-refractivity contribution in [3.63, 3.8) is 0 Å². The number of nitrogens with two attached hydrogens (primary N) is 2. The van der Waals surface area contributed by atoms with Crippen LogP contribution in [0.4, 0.5) is 0 Å². The number of aliphatic carboxylic acids is 1. The number of phenolic OH excluding ortho intramolecular Hbond substituents is 1. The Bertz CT molecular complexity index is 1310. The maximum atomic E-state index is 13.4. The second-order valence-electron chi connectivity index (χ2n) is 9.50. The Kier molecular flexibility index (Phi) is 11.0. The van der Waals surface area contributed by atoms with E-state index in [1.54, 1.807) is 18.3 Å². The van der Waals surface area contributed by atoms with Gasteiger partial charge in [0.2, 0.25) is 17.7 Å². The number of benzene rings is 2. The normalized spacial score (nSPS) is 13.2. The number of para-hydroxylation sites is 1. The van der Waals surface area contributed by atoms with E-state index in [1.807, 2.05) is 24.3 Å². The highest BCUT2D eigenvalue weighted by Crippen LogP contribution is 2.19. The average molecular weight is 553 g/mol. The molecule has 0 saturated carbocycles. The lowest BCUT2D eigenvalue weighted by molar-refractivity contribution is -0.142. The molecule has 0 saturated heterocycles. The van der Waals surface area contributed by atoms with E-state index in [-0.39, 0.29) is 31.6 Å². The quantitative estimate of drug-likeness (QED) is 0.122. The number of fused-ring (bicyclic) bond motifs is 1. The molecule has 0 aliphatic rings. The van der Waals surface area contributed by atoms with Crippen molar-refractivity contribution in [3.05, 3.63) is 65.9 Å². The SMILES string of the molecule is NCCCCC(NC(=O)CN)C(=O)NC(Cc1ccc(O)cc1)C(=O)NC(Cc1c[nH]c2ccccc12)C(=O)O. The van der Waals surface area contributed by atoms with Crippen molar-refractivity contribution < 1.29 is 29.4 Å². The first-order chi connectivity index (χ1) is 19.2. The molecule has 1 aromatic heterocycles. The van der Waals surface area contributed by atoms with E-state index in [9.17, 15) is 29.4 Å². The van der Waals surface area contributed by atoms with E-state index in [4.69, 9.17) is 11.5 Å². The van der Waals surface area contributed by atoms with Crippen molar-refractivity contribution in [1.82, 2.24) is 20.9 Å². The zero-order valence-corrected chi connectivity index (χ0v) is 22.1. The van der Waals surface area contributed by atoms with Crippen molar-refractivity contribution in [1.29, 1.82) is 0 Å². The maximum absolute atomic E-state index is 13.4. The predicted molar refractivity (Wildman–Crippen MR) is 149 cm³/mol. The van der Waals surface area contributed by atoms with Crippen LogP contribution in [0.5, 0.6) is 5.75 Å². The van der Waals surface area contributed by atoms with Gasteiger partial charge in [0.25, 0.3) is 0 Å². The number of nitrogens with one attached hydrogen (secondary N) is 4. The van der Waals surface area contributed by atoms with Crippen LogP contribution in [-0.4, -0.2) is 70.1 Å². The van der Waals surface area contributed by atoms with Gasteiger partial charge in [0.15, 0.2) is 0 Å². The highest BCUT2D eigenvalue weighted by molar-refractivity contribution is 5.94. The summed E-state index contributed by atoms with van der Waals surface area (Å²) in [5.74, 6) is -3.05. The van der Waals surface area contributed by atoms with Crippen LogP contribution in [0.1, 0.15) is 30.4 Å². The number of carboxylic acids is 1. The number of H-pyrrole nitrogens is 1. The van der Waals surface area contributed by atoms with Gasteiger partial charge in [0, 0.05) is 29.9 Å². The second-order valence-corrected chi connectivity index (χ2v) is 9.50. The Morgan fingerprint density at radius 3 is 2.17 bits per heavy atom. The first kappa shape index (κ1) is 30.1. The predicted octanol–water partition coefficient (Wildman–Crippen LogP) is 0.285. The Hall–Kier alpha value is -4.42. The van der Waals surface area contributed by atoms with E-state index < -0.39 is 41.8 Å². The van der Waals surface area contributed by atoms with Gasteiger partial charge in [0.05, 0.1) is 6.54 Å². The number of unbranched alkanes of at least 4 members (excludes halogenated alkanes) is 1. The van der Waals surface area contributed by atoms with Crippen molar-refractivity contribution in [2.24, 2.45) is 11.5 Å². The summed E-state index contributed by atoms with van der Waals surface area (Å²) in [7, 11) is 0. The summed E-state index contributed by atoms with van der Waals surface area (Å²) in [6, 6.07) is 10.1. The Labute approximate surface area is 231 Å². The monoisotopic (exact) mass is 552 g/mol. The van der Waals surface area contributed by atoms with E-state index in [0.717, 1.165) is 10.9 Å². The van der Waals surface area contributed by atoms with Gasteiger partial charge in [-0.05, 0) is 55.1 Å². The lowest BCUT2D eigenvalue weighted by atomic mass is 10.0. The summed E-state index contributed by atoms with van der Waals surface area (Å²) in [5.41, 5.74) is 13.1. The first-order valence-corrected chi connectivity index (χ1v) is 13.1. The fourth-order valence-corrected chi connectivity index (χ4v) is 4.36. The molecule has 12 heteroatoms. The molecule has 0 spiro atoms. The van der Waals surface area contributed by atoms with Crippen molar-refractivity contribution in [3.8, 4) is 5.75 Å². The Morgan fingerprint density at radius 2 is 1.50 bits per heavy atom. The van der Waals surface area contributed by atoms with Crippen LogP contribution < -0.4 is 27.4 Å². The molecule has 214 valence electrons. The zero-order chi connectivity index (χ0) is 29.1. The molecule has 3 rings (SSSR count). The Morgan fingerprint density at radius 1 is 0.825 bits per heavy atom. The molecule has 3 atom stereocenters. The number of hydrogen-bond acceptors (Lipinski definition) is 7. The molecule has 3 aromatic rings. The number of phenols is 1. The second kappa shape index (κ2) is 14.7. The minimum absolute atomic E-state index is 0.0115. The number of hydrogen-bond donors (Lipinski definition) is 8. The van der Waals surface area contributed by atoms with Crippen molar-refractivity contribution in [2.45, 2.75) is 50.2 Å². The van der Waals surface area contributed by atoms with Gasteiger partial charge in [0.1, 0.15) is 23.9 Å². The topological polar surface area (TPSA) is 213 Å². The number of aromatic nitrogens is 1. The van der Waals surface area contributed by atoms with Crippen LogP contribution in [-0.2, 0) is 32.0 Å². The third-order valence-corrected chi connectivity index (χ3v) is 6.51. The maximum Gasteiger partial charge on any atom is 0.326 e. The van der Waals surface area contributed by atoms with Crippen LogP contribution in [0, 0.1) is 0 Å². The van der Waals surface area contributed by atoms with Crippen molar-refractivity contribution >= 4 is 34.6 Å². The van der Waals surface area contributed by atoms with Crippen LogP contribution >= 0.6 is 0 Å². The van der Waals surface area contributed by atoms with Gasteiger partial charge in [-0.1, -0.05) is 30.3 Å². The third-order valence-electron chi connectivity index (χ3n) is 6.51.